The molecule has 0 spiro atoms. The van der Waals surface area contributed by atoms with Gasteiger partial charge in [-0.25, -0.2) is 4.98 Å². The van der Waals surface area contributed by atoms with Gasteiger partial charge in [0.25, 0.3) is 5.56 Å². The van der Waals surface area contributed by atoms with E-state index in [2.05, 4.69) is 15.3 Å². The van der Waals surface area contributed by atoms with Gasteiger partial charge in [-0.1, -0.05) is 17.7 Å². The molecule has 16 heavy (non-hydrogen) atoms. The Hall–Kier alpha value is -2.01. The first kappa shape index (κ1) is 10.5. The minimum absolute atomic E-state index is 0.0440. The van der Waals surface area contributed by atoms with E-state index in [-0.39, 0.29) is 11.2 Å². The van der Waals surface area contributed by atoms with Gasteiger partial charge in [-0.05, 0) is 18.2 Å². The van der Waals surface area contributed by atoms with E-state index in [4.69, 9.17) is 17.3 Å². The summed E-state index contributed by atoms with van der Waals surface area (Å²) in [6, 6.07) is 7.05. The molecule has 6 heteroatoms. The van der Waals surface area contributed by atoms with Crippen LogP contribution >= 0.6 is 11.6 Å². The molecule has 0 saturated heterocycles. The highest BCUT2D eigenvalue weighted by atomic mass is 35.5. The van der Waals surface area contributed by atoms with Crippen LogP contribution in [0.25, 0.3) is 0 Å². The molecular formula is C10H9ClN4O. The number of anilines is 3. The van der Waals surface area contributed by atoms with Crippen LogP contribution in [0.4, 0.5) is 17.2 Å². The van der Waals surface area contributed by atoms with E-state index in [0.29, 0.717) is 10.8 Å². The zero-order valence-corrected chi connectivity index (χ0v) is 8.95. The quantitative estimate of drug-likeness (QED) is 0.742. The molecule has 0 atom stereocenters. The topological polar surface area (TPSA) is 83.8 Å². The smallest absolute Gasteiger partial charge is 0.276 e. The molecule has 2 aromatic rings. The summed E-state index contributed by atoms with van der Waals surface area (Å²) in [6.07, 6.45) is 1.28. The first-order valence-corrected chi connectivity index (χ1v) is 4.90. The maximum Gasteiger partial charge on any atom is 0.276 e. The normalized spacial score (nSPS) is 10.1. The lowest BCUT2D eigenvalue weighted by atomic mass is 10.3. The molecule has 0 fully saturated rings. The van der Waals surface area contributed by atoms with E-state index in [0.717, 1.165) is 5.69 Å². The Morgan fingerprint density at radius 2 is 2.25 bits per heavy atom. The van der Waals surface area contributed by atoms with Crippen LogP contribution in [0.2, 0.25) is 5.02 Å². The number of H-pyrrole nitrogens is 1. The van der Waals surface area contributed by atoms with Gasteiger partial charge in [0.15, 0.2) is 5.82 Å². The summed E-state index contributed by atoms with van der Waals surface area (Å²) >= 11 is 5.82. The summed E-state index contributed by atoms with van der Waals surface area (Å²) < 4.78 is 0. The van der Waals surface area contributed by atoms with Crippen LogP contribution in [0, 0.1) is 0 Å². The Labute approximate surface area is 96.3 Å². The van der Waals surface area contributed by atoms with Gasteiger partial charge in [0.2, 0.25) is 0 Å². The SMILES string of the molecule is Nc1c(Nc2cccc(Cl)c2)nc[nH]c1=O. The molecular weight excluding hydrogens is 228 g/mol. The fraction of sp³-hybridized carbons (Fsp3) is 0. The minimum Gasteiger partial charge on any atom is -0.391 e. The number of nitrogens with zero attached hydrogens (tertiary/aromatic N) is 1. The third-order valence-corrected chi connectivity index (χ3v) is 2.21. The molecule has 0 aliphatic heterocycles. The average molecular weight is 237 g/mol. The van der Waals surface area contributed by atoms with E-state index in [1.54, 1.807) is 24.3 Å². The maximum atomic E-state index is 11.2. The number of halogens is 1. The molecule has 0 unspecified atom stereocenters. The predicted octanol–water partition coefficient (Wildman–Crippen LogP) is 1.75. The van der Waals surface area contributed by atoms with E-state index in [1.807, 2.05) is 0 Å². The monoisotopic (exact) mass is 236 g/mol. The molecule has 0 radical (unpaired) electrons. The number of nitrogens with one attached hydrogen (secondary N) is 2. The van der Waals surface area contributed by atoms with Crippen molar-refractivity contribution in [3.63, 3.8) is 0 Å². The van der Waals surface area contributed by atoms with Gasteiger partial charge >= 0.3 is 0 Å². The van der Waals surface area contributed by atoms with Crippen molar-refractivity contribution in [1.29, 1.82) is 0 Å². The van der Waals surface area contributed by atoms with Gasteiger partial charge in [0.1, 0.15) is 5.69 Å². The number of benzene rings is 1. The molecule has 0 aliphatic rings. The second-order valence-electron chi connectivity index (χ2n) is 3.13. The molecule has 1 heterocycles. The van der Waals surface area contributed by atoms with Crippen molar-refractivity contribution in [2.24, 2.45) is 0 Å². The van der Waals surface area contributed by atoms with Crippen molar-refractivity contribution in [3.05, 3.63) is 46.0 Å². The molecule has 1 aromatic carbocycles. The lowest BCUT2D eigenvalue weighted by molar-refractivity contribution is 1.13. The molecule has 0 bridgehead atoms. The standard InChI is InChI=1S/C10H9ClN4O/c11-6-2-1-3-7(4-6)15-9-8(12)10(16)14-5-13-9/h1-5H,12H2,(H2,13,14,15,16). The Kier molecular flexibility index (Phi) is 2.78. The largest absolute Gasteiger partial charge is 0.391 e. The third-order valence-electron chi connectivity index (χ3n) is 1.98. The highest BCUT2D eigenvalue weighted by Crippen LogP contribution is 2.20. The van der Waals surface area contributed by atoms with Gasteiger partial charge in [-0.15, -0.1) is 0 Å². The molecule has 82 valence electrons. The average Bonchev–Trinajstić information content (AvgIpc) is 2.25. The van der Waals surface area contributed by atoms with E-state index in [9.17, 15) is 4.79 Å². The first-order chi connectivity index (χ1) is 7.66. The van der Waals surface area contributed by atoms with Crippen molar-refractivity contribution in [3.8, 4) is 0 Å². The van der Waals surface area contributed by atoms with E-state index < -0.39 is 0 Å². The number of nitrogens with two attached hydrogens (primary N) is 1. The van der Waals surface area contributed by atoms with Gasteiger partial charge < -0.3 is 16.0 Å². The molecule has 5 nitrogen and oxygen atoms in total. The molecule has 2 rings (SSSR count). The Bertz CT molecular complexity index is 567. The zero-order valence-electron chi connectivity index (χ0n) is 8.20. The number of hydrogen-bond acceptors (Lipinski definition) is 4. The van der Waals surface area contributed by atoms with Crippen molar-refractivity contribution in [2.45, 2.75) is 0 Å². The van der Waals surface area contributed by atoms with Crippen molar-refractivity contribution in [2.75, 3.05) is 11.1 Å². The number of hydrogen-bond donors (Lipinski definition) is 3. The number of aromatic amines is 1. The molecule has 0 saturated carbocycles. The number of aromatic nitrogens is 2. The summed E-state index contributed by atoms with van der Waals surface area (Å²) in [5, 5.41) is 3.50. The van der Waals surface area contributed by atoms with Crippen LogP contribution in [0.5, 0.6) is 0 Å². The molecule has 0 amide bonds. The van der Waals surface area contributed by atoms with Gasteiger partial charge in [-0.2, -0.15) is 0 Å². The predicted molar refractivity (Wildman–Crippen MR) is 64.0 cm³/mol. The Balaban J connectivity index is 2.34. The Morgan fingerprint density at radius 1 is 1.44 bits per heavy atom. The molecule has 0 aliphatic carbocycles. The van der Waals surface area contributed by atoms with Crippen molar-refractivity contribution >= 4 is 28.8 Å². The Morgan fingerprint density at radius 3 is 3.00 bits per heavy atom. The highest BCUT2D eigenvalue weighted by molar-refractivity contribution is 6.30. The van der Waals surface area contributed by atoms with Crippen LogP contribution in [0.3, 0.4) is 0 Å². The van der Waals surface area contributed by atoms with Crippen LogP contribution in [-0.4, -0.2) is 9.97 Å². The lowest BCUT2D eigenvalue weighted by Crippen LogP contribution is -2.14. The lowest BCUT2D eigenvalue weighted by Gasteiger charge is -2.06. The zero-order chi connectivity index (χ0) is 11.5. The first-order valence-electron chi connectivity index (χ1n) is 4.52. The number of rotatable bonds is 2. The van der Waals surface area contributed by atoms with Crippen molar-refractivity contribution in [1.82, 2.24) is 9.97 Å². The van der Waals surface area contributed by atoms with Crippen LogP contribution in [0.1, 0.15) is 0 Å². The fourth-order valence-electron chi connectivity index (χ4n) is 1.21. The van der Waals surface area contributed by atoms with Crippen molar-refractivity contribution < 1.29 is 0 Å². The minimum atomic E-state index is -0.375. The summed E-state index contributed by atoms with van der Waals surface area (Å²) in [6.45, 7) is 0. The van der Waals surface area contributed by atoms with E-state index in [1.165, 1.54) is 6.33 Å². The second kappa shape index (κ2) is 4.24. The second-order valence-corrected chi connectivity index (χ2v) is 3.57. The van der Waals surface area contributed by atoms with Gasteiger partial charge in [-0.3, -0.25) is 4.79 Å². The molecule has 1 aromatic heterocycles. The van der Waals surface area contributed by atoms with E-state index >= 15 is 0 Å². The van der Waals surface area contributed by atoms with Gasteiger partial charge in [0, 0.05) is 10.7 Å². The van der Waals surface area contributed by atoms with Crippen LogP contribution in [-0.2, 0) is 0 Å². The molecule has 4 N–H and O–H groups in total. The summed E-state index contributed by atoms with van der Waals surface area (Å²) in [7, 11) is 0. The van der Waals surface area contributed by atoms with Gasteiger partial charge in [0.05, 0.1) is 6.33 Å². The fourth-order valence-corrected chi connectivity index (χ4v) is 1.40. The maximum absolute atomic E-state index is 11.2. The number of nitrogen functional groups attached to an aromatic ring is 1. The summed E-state index contributed by atoms with van der Waals surface area (Å²) in [4.78, 5) is 17.5. The van der Waals surface area contributed by atoms with Crippen LogP contribution < -0.4 is 16.6 Å². The third kappa shape index (κ3) is 2.14. The summed E-state index contributed by atoms with van der Waals surface area (Å²) in [5.74, 6) is 0.311. The highest BCUT2D eigenvalue weighted by Gasteiger charge is 2.04. The summed E-state index contributed by atoms with van der Waals surface area (Å²) in [5.41, 5.74) is 5.95. The van der Waals surface area contributed by atoms with Crippen LogP contribution in [0.15, 0.2) is 35.4 Å².